The fourth-order valence-corrected chi connectivity index (χ4v) is 2.64. The van der Waals surface area contributed by atoms with Crippen molar-refractivity contribution in [1.29, 1.82) is 0 Å². The fraction of sp³-hybridized carbons (Fsp3) is 1.00. The molecule has 1 rings (SSSR count). The van der Waals surface area contributed by atoms with Crippen molar-refractivity contribution in [2.45, 2.75) is 58.0 Å². The zero-order valence-electron chi connectivity index (χ0n) is 10.7. The third kappa shape index (κ3) is 6.92. The summed E-state index contributed by atoms with van der Waals surface area (Å²) in [4.78, 5) is 0. The normalized spacial score (nSPS) is 26.1. The van der Waals surface area contributed by atoms with Gasteiger partial charge in [0, 0.05) is 0 Å². The summed E-state index contributed by atoms with van der Waals surface area (Å²) in [5.41, 5.74) is 0. The van der Waals surface area contributed by atoms with E-state index in [1.807, 2.05) is 0 Å². The minimum absolute atomic E-state index is 0.454. The Kier molecular flexibility index (Phi) is 6.31. The molecule has 0 bridgehead atoms. The van der Waals surface area contributed by atoms with Crippen LogP contribution in [0.5, 0.6) is 0 Å². The quantitative estimate of drug-likeness (QED) is 0.748. The van der Waals surface area contributed by atoms with Crippen LogP contribution in [0.3, 0.4) is 0 Å². The van der Waals surface area contributed by atoms with Gasteiger partial charge in [0.05, 0.1) is 6.54 Å². The minimum atomic E-state index is -4.07. The summed E-state index contributed by atoms with van der Waals surface area (Å²) in [6.45, 7) is 1.88. The fourth-order valence-electron chi connectivity index (χ4n) is 2.64. The van der Waals surface area contributed by atoms with Gasteiger partial charge in [-0.1, -0.05) is 39.0 Å². The second-order valence-corrected chi connectivity index (χ2v) is 5.28. The van der Waals surface area contributed by atoms with Crippen molar-refractivity contribution in [1.82, 2.24) is 5.32 Å². The molecule has 1 aliphatic rings. The number of nitrogens with one attached hydrogen (secondary N) is 1. The summed E-state index contributed by atoms with van der Waals surface area (Å²) in [7, 11) is 0. The smallest absolute Gasteiger partial charge is 0.308 e. The van der Waals surface area contributed by atoms with Gasteiger partial charge in [-0.05, 0) is 31.2 Å². The molecule has 0 atom stereocenters. The van der Waals surface area contributed by atoms with Crippen molar-refractivity contribution in [3.8, 4) is 0 Å². The van der Waals surface area contributed by atoms with Gasteiger partial charge in [0.1, 0.15) is 0 Å². The molecular formula is C13H24F3N. The molecule has 0 aromatic carbocycles. The first kappa shape index (κ1) is 14.8. The first-order valence-electron chi connectivity index (χ1n) is 6.78. The van der Waals surface area contributed by atoms with E-state index in [9.17, 15) is 13.2 Å². The summed E-state index contributed by atoms with van der Waals surface area (Å²) in [6, 6.07) is 0. The second-order valence-electron chi connectivity index (χ2n) is 5.28. The molecular weight excluding hydrogens is 227 g/mol. The van der Waals surface area contributed by atoms with Gasteiger partial charge in [-0.15, -0.1) is 0 Å². The SMILES string of the molecule is CCCCC1CCC(CNCC(F)(F)F)CC1. The lowest BCUT2D eigenvalue weighted by Gasteiger charge is -2.28. The molecule has 0 aliphatic heterocycles. The lowest BCUT2D eigenvalue weighted by atomic mass is 9.80. The average Bonchev–Trinajstić information content (AvgIpc) is 2.26. The predicted octanol–water partition coefficient (Wildman–Crippen LogP) is 4.13. The van der Waals surface area contributed by atoms with Crippen molar-refractivity contribution in [3.05, 3.63) is 0 Å². The summed E-state index contributed by atoms with van der Waals surface area (Å²) in [5.74, 6) is 1.28. The molecule has 1 fully saturated rings. The minimum Gasteiger partial charge on any atom is -0.308 e. The van der Waals surface area contributed by atoms with E-state index >= 15 is 0 Å². The van der Waals surface area contributed by atoms with Crippen molar-refractivity contribution < 1.29 is 13.2 Å². The topological polar surface area (TPSA) is 12.0 Å². The van der Waals surface area contributed by atoms with Gasteiger partial charge in [0.2, 0.25) is 0 Å². The highest BCUT2D eigenvalue weighted by atomic mass is 19.4. The molecule has 0 saturated heterocycles. The lowest BCUT2D eigenvalue weighted by molar-refractivity contribution is -0.125. The number of alkyl halides is 3. The van der Waals surface area contributed by atoms with Crippen LogP contribution in [0.2, 0.25) is 0 Å². The highest BCUT2D eigenvalue weighted by molar-refractivity contribution is 4.74. The molecule has 1 N–H and O–H groups in total. The van der Waals surface area contributed by atoms with E-state index in [-0.39, 0.29) is 0 Å². The summed E-state index contributed by atoms with van der Waals surface area (Å²) < 4.78 is 35.8. The molecule has 0 aromatic heterocycles. The van der Waals surface area contributed by atoms with Crippen molar-refractivity contribution in [2.75, 3.05) is 13.1 Å². The van der Waals surface area contributed by atoms with Gasteiger partial charge >= 0.3 is 6.18 Å². The molecule has 0 spiro atoms. The van der Waals surface area contributed by atoms with Crippen LogP contribution >= 0.6 is 0 Å². The molecule has 4 heteroatoms. The summed E-state index contributed by atoms with van der Waals surface area (Å²) in [5, 5.41) is 2.53. The molecule has 0 amide bonds. The Morgan fingerprint density at radius 2 is 1.65 bits per heavy atom. The van der Waals surface area contributed by atoms with Crippen molar-refractivity contribution in [3.63, 3.8) is 0 Å². The second kappa shape index (κ2) is 7.24. The van der Waals surface area contributed by atoms with Crippen LogP contribution in [0, 0.1) is 11.8 Å². The van der Waals surface area contributed by atoms with Crippen molar-refractivity contribution in [2.24, 2.45) is 11.8 Å². The third-order valence-electron chi connectivity index (χ3n) is 3.69. The van der Waals surface area contributed by atoms with E-state index in [4.69, 9.17) is 0 Å². The van der Waals surface area contributed by atoms with Gasteiger partial charge < -0.3 is 5.32 Å². The zero-order valence-corrected chi connectivity index (χ0v) is 10.7. The third-order valence-corrected chi connectivity index (χ3v) is 3.69. The molecule has 0 aromatic rings. The molecule has 0 radical (unpaired) electrons. The summed E-state index contributed by atoms with van der Waals surface area (Å²) in [6.07, 6.45) is 4.38. The molecule has 17 heavy (non-hydrogen) atoms. The molecule has 1 saturated carbocycles. The van der Waals surface area contributed by atoms with Crippen LogP contribution < -0.4 is 5.32 Å². The van der Waals surface area contributed by atoms with E-state index in [0.717, 1.165) is 18.8 Å². The van der Waals surface area contributed by atoms with E-state index in [1.54, 1.807) is 0 Å². The van der Waals surface area contributed by atoms with Crippen LogP contribution in [-0.2, 0) is 0 Å². The van der Waals surface area contributed by atoms with Crippen LogP contribution in [-0.4, -0.2) is 19.3 Å². The molecule has 0 unspecified atom stereocenters. The van der Waals surface area contributed by atoms with Gasteiger partial charge in [-0.25, -0.2) is 0 Å². The van der Waals surface area contributed by atoms with E-state index in [2.05, 4.69) is 12.2 Å². The lowest BCUT2D eigenvalue weighted by Crippen LogP contribution is -2.33. The monoisotopic (exact) mass is 251 g/mol. The Morgan fingerprint density at radius 3 is 2.18 bits per heavy atom. The van der Waals surface area contributed by atoms with Gasteiger partial charge in [0.25, 0.3) is 0 Å². The maximum absolute atomic E-state index is 11.9. The Labute approximate surface area is 102 Å². The van der Waals surface area contributed by atoms with Gasteiger partial charge in [0.15, 0.2) is 0 Å². The number of rotatable bonds is 6. The maximum atomic E-state index is 11.9. The Hall–Kier alpha value is -0.250. The van der Waals surface area contributed by atoms with Crippen LogP contribution in [0.15, 0.2) is 0 Å². The Bertz CT molecular complexity index is 195. The van der Waals surface area contributed by atoms with Crippen LogP contribution in [0.25, 0.3) is 0 Å². The number of hydrogen-bond donors (Lipinski definition) is 1. The summed E-state index contributed by atoms with van der Waals surface area (Å²) >= 11 is 0. The average molecular weight is 251 g/mol. The number of unbranched alkanes of at least 4 members (excludes halogenated alkanes) is 1. The Morgan fingerprint density at radius 1 is 1.06 bits per heavy atom. The van der Waals surface area contributed by atoms with E-state index in [0.29, 0.717) is 12.5 Å². The zero-order chi connectivity index (χ0) is 12.7. The van der Waals surface area contributed by atoms with Gasteiger partial charge in [-0.2, -0.15) is 13.2 Å². The molecule has 1 aliphatic carbocycles. The highest BCUT2D eigenvalue weighted by Gasteiger charge is 2.27. The first-order chi connectivity index (χ1) is 8.01. The predicted molar refractivity (Wildman–Crippen MR) is 63.9 cm³/mol. The molecule has 0 heterocycles. The van der Waals surface area contributed by atoms with Crippen LogP contribution in [0.1, 0.15) is 51.9 Å². The first-order valence-corrected chi connectivity index (χ1v) is 6.78. The molecule has 1 nitrogen and oxygen atoms in total. The van der Waals surface area contributed by atoms with Crippen LogP contribution in [0.4, 0.5) is 13.2 Å². The standard InChI is InChI=1S/C13H24F3N/c1-2-3-4-11-5-7-12(8-6-11)9-17-10-13(14,15)16/h11-12,17H,2-10H2,1H3. The largest absolute Gasteiger partial charge is 0.401 e. The maximum Gasteiger partial charge on any atom is 0.401 e. The van der Waals surface area contributed by atoms with Gasteiger partial charge in [-0.3, -0.25) is 0 Å². The number of halogens is 3. The Balaban J connectivity index is 2.07. The number of hydrogen-bond acceptors (Lipinski definition) is 1. The van der Waals surface area contributed by atoms with Crippen molar-refractivity contribution >= 4 is 0 Å². The van der Waals surface area contributed by atoms with E-state index < -0.39 is 12.7 Å². The van der Waals surface area contributed by atoms with E-state index in [1.165, 1.54) is 32.1 Å². The highest BCUT2D eigenvalue weighted by Crippen LogP contribution is 2.31. The molecule has 102 valence electrons.